The molecule has 1 aliphatic rings. The van der Waals surface area contributed by atoms with Crippen molar-refractivity contribution < 1.29 is 4.92 Å². The Morgan fingerprint density at radius 1 is 1.29 bits per heavy atom. The van der Waals surface area contributed by atoms with Crippen LogP contribution in [0.1, 0.15) is 64.6 Å². The van der Waals surface area contributed by atoms with Crippen molar-refractivity contribution in [3.05, 3.63) is 15.8 Å². The summed E-state index contributed by atoms with van der Waals surface area (Å²) in [7, 11) is 0. The second kappa shape index (κ2) is 5.66. The van der Waals surface area contributed by atoms with Crippen LogP contribution in [-0.4, -0.2) is 14.7 Å². The number of hydrogen-bond acceptors (Lipinski definition) is 4. The van der Waals surface area contributed by atoms with Gasteiger partial charge in [-0.15, -0.1) is 0 Å². The van der Waals surface area contributed by atoms with Gasteiger partial charge in [-0.25, -0.2) is 4.68 Å². The standard InChI is InChI=1S/C15H26N4O2/c1-10-13(19(20)21)14(16)18(17-10)12-7-5-6-11(8-9-12)15(2,3)4/h11-12H,5-9,16H2,1-4H3. The molecule has 1 fully saturated rings. The van der Waals surface area contributed by atoms with E-state index in [1.165, 1.54) is 6.42 Å². The highest BCUT2D eigenvalue weighted by atomic mass is 16.6. The minimum Gasteiger partial charge on any atom is -0.378 e. The second-order valence-electron chi connectivity index (χ2n) is 7.25. The number of rotatable bonds is 2. The summed E-state index contributed by atoms with van der Waals surface area (Å²) in [6, 6.07) is 0.185. The zero-order valence-electron chi connectivity index (χ0n) is 13.4. The van der Waals surface area contributed by atoms with Crippen molar-refractivity contribution in [1.82, 2.24) is 9.78 Å². The van der Waals surface area contributed by atoms with Gasteiger partial charge in [-0.1, -0.05) is 27.2 Å². The fourth-order valence-corrected chi connectivity index (χ4v) is 3.45. The molecular formula is C15H26N4O2. The molecule has 0 spiro atoms. The smallest absolute Gasteiger partial charge is 0.333 e. The fourth-order valence-electron chi connectivity index (χ4n) is 3.45. The van der Waals surface area contributed by atoms with Gasteiger partial charge in [0.1, 0.15) is 5.69 Å². The number of nitro groups is 1. The first kappa shape index (κ1) is 15.8. The van der Waals surface area contributed by atoms with Crippen molar-refractivity contribution in [2.45, 2.75) is 65.8 Å². The molecule has 1 aliphatic carbocycles. The summed E-state index contributed by atoms with van der Waals surface area (Å²) >= 11 is 0. The monoisotopic (exact) mass is 294 g/mol. The van der Waals surface area contributed by atoms with Crippen LogP contribution >= 0.6 is 0 Å². The summed E-state index contributed by atoms with van der Waals surface area (Å²) < 4.78 is 1.69. The summed E-state index contributed by atoms with van der Waals surface area (Å²) in [5, 5.41) is 15.4. The van der Waals surface area contributed by atoms with Crippen LogP contribution in [0.5, 0.6) is 0 Å². The average molecular weight is 294 g/mol. The highest BCUT2D eigenvalue weighted by Gasteiger charge is 2.31. The van der Waals surface area contributed by atoms with Gasteiger partial charge in [-0.2, -0.15) is 5.10 Å². The summed E-state index contributed by atoms with van der Waals surface area (Å²) in [6.07, 6.45) is 5.45. The summed E-state index contributed by atoms with van der Waals surface area (Å²) in [4.78, 5) is 10.6. The van der Waals surface area contributed by atoms with Crippen LogP contribution in [0.3, 0.4) is 0 Å². The van der Waals surface area contributed by atoms with Crippen LogP contribution in [-0.2, 0) is 0 Å². The number of aromatic nitrogens is 2. The van der Waals surface area contributed by atoms with Crippen molar-refractivity contribution in [2.75, 3.05) is 5.73 Å². The maximum absolute atomic E-state index is 11.1. The van der Waals surface area contributed by atoms with E-state index >= 15 is 0 Å². The predicted octanol–water partition coefficient (Wildman–Crippen LogP) is 3.85. The molecule has 2 unspecified atom stereocenters. The van der Waals surface area contributed by atoms with Gasteiger partial charge in [0.15, 0.2) is 0 Å². The normalized spacial score (nSPS) is 23.8. The van der Waals surface area contributed by atoms with Gasteiger partial charge in [0.05, 0.1) is 11.0 Å². The molecule has 2 N–H and O–H groups in total. The molecular weight excluding hydrogens is 268 g/mol. The van der Waals surface area contributed by atoms with E-state index in [0.29, 0.717) is 17.0 Å². The van der Waals surface area contributed by atoms with Gasteiger partial charge >= 0.3 is 5.69 Å². The van der Waals surface area contributed by atoms with Crippen LogP contribution in [0.2, 0.25) is 0 Å². The molecule has 0 amide bonds. The molecule has 0 aliphatic heterocycles. The highest BCUT2D eigenvalue weighted by molar-refractivity contribution is 5.56. The van der Waals surface area contributed by atoms with E-state index in [-0.39, 0.29) is 17.5 Å². The summed E-state index contributed by atoms with van der Waals surface area (Å²) in [6.45, 7) is 8.51. The number of nitrogen functional groups attached to an aromatic ring is 1. The summed E-state index contributed by atoms with van der Waals surface area (Å²) in [5.41, 5.74) is 6.65. The quantitative estimate of drug-likeness (QED) is 0.510. The molecule has 0 saturated heterocycles. The van der Waals surface area contributed by atoms with E-state index in [9.17, 15) is 10.1 Å². The van der Waals surface area contributed by atoms with E-state index in [1.54, 1.807) is 11.6 Å². The maximum atomic E-state index is 11.1. The number of nitrogens with zero attached hydrogens (tertiary/aromatic N) is 3. The summed E-state index contributed by atoms with van der Waals surface area (Å²) in [5.74, 6) is 0.895. The van der Waals surface area contributed by atoms with Crippen molar-refractivity contribution in [2.24, 2.45) is 11.3 Å². The number of nitrogens with two attached hydrogens (primary N) is 1. The van der Waals surface area contributed by atoms with E-state index in [2.05, 4.69) is 25.9 Å². The van der Waals surface area contributed by atoms with Crippen LogP contribution in [0.25, 0.3) is 0 Å². The van der Waals surface area contributed by atoms with Crippen molar-refractivity contribution >= 4 is 11.5 Å². The van der Waals surface area contributed by atoms with Crippen LogP contribution in [0.4, 0.5) is 11.5 Å². The number of aryl methyl sites for hydroxylation is 1. The van der Waals surface area contributed by atoms with Crippen molar-refractivity contribution in [3.63, 3.8) is 0 Å². The lowest BCUT2D eigenvalue weighted by atomic mass is 9.76. The second-order valence-corrected chi connectivity index (χ2v) is 7.25. The van der Waals surface area contributed by atoms with Crippen LogP contribution in [0.15, 0.2) is 0 Å². The third-order valence-electron chi connectivity index (χ3n) is 4.78. The maximum Gasteiger partial charge on any atom is 0.333 e. The van der Waals surface area contributed by atoms with E-state index in [1.807, 2.05) is 0 Å². The Morgan fingerprint density at radius 2 is 1.95 bits per heavy atom. The zero-order valence-corrected chi connectivity index (χ0v) is 13.4. The molecule has 1 saturated carbocycles. The van der Waals surface area contributed by atoms with Gasteiger partial charge in [-0.05, 0) is 43.9 Å². The molecule has 2 atom stereocenters. The Kier molecular flexibility index (Phi) is 4.25. The predicted molar refractivity (Wildman–Crippen MR) is 83.1 cm³/mol. The van der Waals surface area contributed by atoms with Gasteiger partial charge in [-0.3, -0.25) is 10.1 Å². The van der Waals surface area contributed by atoms with Crippen LogP contribution in [0, 0.1) is 28.4 Å². The average Bonchev–Trinajstić information content (AvgIpc) is 2.54. The molecule has 0 radical (unpaired) electrons. The molecule has 6 nitrogen and oxygen atoms in total. The Balaban J connectivity index is 2.20. The minimum atomic E-state index is -0.428. The lowest BCUT2D eigenvalue weighted by Gasteiger charge is -2.29. The lowest BCUT2D eigenvalue weighted by Crippen LogP contribution is -2.20. The zero-order chi connectivity index (χ0) is 15.8. The van der Waals surface area contributed by atoms with Gasteiger partial charge in [0.2, 0.25) is 5.82 Å². The Labute approximate surface area is 125 Å². The molecule has 118 valence electrons. The highest BCUT2D eigenvalue weighted by Crippen LogP contribution is 2.41. The third kappa shape index (κ3) is 3.19. The SMILES string of the molecule is Cc1nn(C2CCCC(C(C)(C)C)CC2)c(N)c1[N+](=O)[O-]. The molecule has 0 aromatic carbocycles. The number of hydrogen-bond donors (Lipinski definition) is 1. The molecule has 21 heavy (non-hydrogen) atoms. The lowest BCUT2D eigenvalue weighted by molar-refractivity contribution is -0.384. The first-order valence-corrected chi connectivity index (χ1v) is 7.70. The first-order valence-electron chi connectivity index (χ1n) is 7.70. The van der Waals surface area contributed by atoms with E-state index in [4.69, 9.17) is 5.73 Å². The first-order chi connectivity index (χ1) is 9.71. The largest absolute Gasteiger partial charge is 0.378 e. The number of anilines is 1. The molecule has 2 rings (SSSR count). The Hall–Kier alpha value is -1.59. The topological polar surface area (TPSA) is 87.0 Å². The van der Waals surface area contributed by atoms with Gasteiger partial charge < -0.3 is 5.73 Å². The Morgan fingerprint density at radius 3 is 2.48 bits per heavy atom. The van der Waals surface area contributed by atoms with Gasteiger partial charge in [0, 0.05) is 0 Å². The Bertz CT molecular complexity index is 531. The van der Waals surface area contributed by atoms with Gasteiger partial charge in [0.25, 0.3) is 0 Å². The molecule has 1 aromatic heterocycles. The van der Waals surface area contributed by atoms with Crippen LogP contribution < -0.4 is 5.73 Å². The van der Waals surface area contributed by atoms with Crippen molar-refractivity contribution in [1.29, 1.82) is 0 Å². The molecule has 6 heteroatoms. The minimum absolute atomic E-state index is 0.0355. The molecule has 1 aromatic rings. The third-order valence-corrected chi connectivity index (χ3v) is 4.78. The molecule has 0 bridgehead atoms. The molecule has 1 heterocycles. The fraction of sp³-hybridized carbons (Fsp3) is 0.800. The van der Waals surface area contributed by atoms with E-state index < -0.39 is 4.92 Å². The van der Waals surface area contributed by atoms with E-state index in [0.717, 1.165) is 25.7 Å². The van der Waals surface area contributed by atoms with Crippen molar-refractivity contribution in [3.8, 4) is 0 Å².